The first-order valence-electron chi connectivity index (χ1n) is 9.19. The largest absolute Gasteiger partial charge is 0.336 e. The van der Waals surface area contributed by atoms with Crippen LogP contribution in [0.3, 0.4) is 0 Å². The molecular formula is C19H23N7O. The van der Waals surface area contributed by atoms with Gasteiger partial charge in [-0.25, -0.2) is 14.6 Å². The molecule has 4 rings (SSSR count). The molecule has 8 heteroatoms. The average Bonchev–Trinajstić information content (AvgIpc) is 3.34. The summed E-state index contributed by atoms with van der Waals surface area (Å²) in [6.45, 7) is 4.01. The van der Waals surface area contributed by atoms with Crippen molar-refractivity contribution < 1.29 is 4.79 Å². The van der Waals surface area contributed by atoms with Gasteiger partial charge in [0.15, 0.2) is 0 Å². The molecule has 1 atom stereocenters. The van der Waals surface area contributed by atoms with Crippen molar-refractivity contribution in [1.82, 2.24) is 34.5 Å². The zero-order valence-electron chi connectivity index (χ0n) is 15.5. The van der Waals surface area contributed by atoms with Gasteiger partial charge in [0.2, 0.25) is 5.82 Å². The molecule has 0 spiro atoms. The fourth-order valence-electron chi connectivity index (χ4n) is 3.44. The summed E-state index contributed by atoms with van der Waals surface area (Å²) in [7, 11) is 1.94. The lowest BCUT2D eigenvalue weighted by Gasteiger charge is -2.35. The van der Waals surface area contributed by atoms with Gasteiger partial charge in [-0.2, -0.15) is 0 Å². The van der Waals surface area contributed by atoms with Crippen LogP contribution in [0.4, 0.5) is 0 Å². The summed E-state index contributed by atoms with van der Waals surface area (Å²) in [5, 5.41) is 7.88. The number of amides is 1. The Kier molecular flexibility index (Phi) is 4.72. The molecule has 1 N–H and O–H groups in total. The number of hydrogen-bond acceptors (Lipinski definition) is 5. The van der Waals surface area contributed by atoms with Crippen molar-refractivity contribution in [3.8, 4) is 5.69 Å². The van der Waals surface area contributed by atoms with Crippen LogP contribution < -0.4 is 5.32 Å². The number of para-hydroxylation sites is 1. The maximum absolute atomic E-state index is 13.3. The lowest BCUT2D eigenvalue weighted by molar-refractivity contribution is 0.0608. The smallest absolute Gasteiger partial charge is 0.294 e. The third-order valence-corrected chi connectivity index (χ3v) is 4.84. The first-order chi connectivity index (χ1) is 13.2. The topological polar surface area (TPSA) is 80.9 Å². The van der Waals surface area contributed by atoms with Crippen LogP contribution in [0.25, 0.3) is 5.69 Å². The van der Waals surface area contributed by atoms with Crippen molar-refractivity contribution in [3.63, 3.8) is 0 Å². The number of imidazole rings is 1. The average molecular weight is 365 g/mol. The summed E-state index contributed by atoms with van der Waals surface area (Å²) in [6, 6.07) is 9.64. The zero-order valence-corrected chi connectivity index (χ0v) is 15.5. The van der Waals surface area contributed by atoms with E-state index in [2.05, 4.69) is 20.4 Å². The summed E-state index contributed by atoms with van der Waals surface area (Å²) >= 11 is 0. The summed E-state index contributed by atoms with van der Waals surface area (Å²) in [5.74, 6) is 1.70. The molecule has 1 aliphatic rings. The molecular weight excluding hydrogens is 342 g/mol. The predicted molar refractivity (Wildman–Crippen MR) is 101 cm³/mol. The van der Waals surface area contributed by atoms with E-state index in [0.29, 0.717) is 19.5 Å². The number of hydrogen-bond donors (Lipinski definition) is 1. The third-order valence-electron chi connectivity index (χ3n) is 4.84. The highest BCUT2D eigenvalue weighted by atomic mass is 16.2. The van der Waals surface area contributed by atoms with Crippen molar-refractivity contribution in [2.24, 2.45) is 7.05 Å². The first-order valence-corrected chi connectivity index (χ1v) is 9.19. The fourth-order valence-corrected chi connectivity index (χ4v) is 3.44. The number of carbonyl (C=O) groups excluding carboxylic acids is 1. The summed E-state index contributed by atoms with van der Waals surface area (Å²) < 4.78 is 3.70. The van der Waals surface area contributed by atoms with Crippen LogP contribution in [0.5, 0.6) is 0 Å². The molecule has 1 aliphatic heterocycles. The minimum Gasteiger partial charge on any atom is -0.336 e. The second kappa shape index (κ2) is 7.32. The Balaban J connectivity index is 1.67. The van der Waals surface area contributed by atoms with E-state index >= 15 is 0 Å². The molecule has 27 heavy (non-hydrogen) atoms. The Morgan fingerprint density at radius 2 is 2.11 bits per heavy atom. The number of piperazine rings is 1. The second-order valence-electron chi connectivity index (χ2n) is 6.57. The van der Waals surface area contributed by atoms with Crippen LogP contribution in [0.15, 0.2) is 42.7 Å². The standard InChI is InChI=1S/C19H23N7O/c1-3-16-22-17(23-26(16)14-7-5-4-6-8-14)19(27)25-12-9-20-13-15(25)18-21-10-11-24(18)2/h4-8,10-11,15,20H,3,9,12-13H2,1-2H3. The number of nitrogens with zero attached hydrogens (tertiary/aromatic N) is 6. The van der Waals surface area contributed by atoms with Gasteiger partial charge in [-0.3, -0.25) is 4.79 Å². The summed E-state index contributed by atoms with van der Waals surface area (Å²) in [4.78, 5) is 24.0. The van der Waals surface area contributed by atoms with E-state index in [1.165, 1.54) is 0 Å². The molecule has 0 bridgehead atoms. The van der Waals surface area contributed by atoms with E-state index in [1.54, 1.807) is 10.9 Å². The van der Waals surface area contributed by atoms with E-state index in [1.807, 2.05) is 60.0 Å². The van der Waals surface area contributed by atoms with Gasteiger partial charge in [-0.15, -0.1) is 5.10 Å². The van der Waals surface area contributed by atoms with Crippen LogP contribution in [0.1, 0.15) is 35.2 Å². The van der Waals surface area contributed by atoms with Crippen molar-refractivity contribution in [3.05, 3.63) is 60.2 Å². The van der Waals surface area contributed by atoms with Gasteiger partial charge in [0.05, 0.1) is 5.69 Å². The van der Waals surface area contributed by atoms with Crippen molar-refractivity contribution in [2.75, 3.05) is 19.6 Å². The molecule has 1 saturated heterocycles. The van der Waals surface area contributed by atoms with E-state index in [0.717, 1.165) is 23.9 Å². The van der Waals surface area contributed by atoms with E-state index in [9.17, 15) is 4.79 Å². The Hall–Kier alpha value is -3.00. The number of nitrogens with one attached hydrogen (secondary N) is 1. The van der Waals surface area contributed by atoms with Gasteiger partial charge < -0.3 is 14.8 Å². The lowest BCUT2D eigenvalue weighted by Crippen LogP contribution is -2.49. The molecule has 0 aliphatic carbocycles. The van der Waals surface area contributed by atoms with Gasteiger partial charge in [-0.05, 0) is 12.1 Å². The minimum atomic E-state index is -0.158. The molecule has 3 heterocycles. The maximum Gasteiger partial charge on any atom is 0.294 e. The first kappa shape index (κ1) is 17.4. The highest BCUT2D eigenvalue weighted by Crippen LogP contribution is 2.22. The van der Waals surface area contributed by atoms with Crippen LogP contribution >= 0.6 is 0 Å². The summed E-state index contributed by atoms with van der Waals surface area (Å²) in [5.41, 5.74) is 0.905. The minimum absolute atomic E-state index is 0.139. The van der Waals surface area contributed by atoms with Gasteiger partial charge in [0, 0.05) is 45.5 Å². The Morgan fingerprint density at radius 1 is 1.30 bits per heavy atom. The van der Waals surface area contributed by atoms with Crippen LogP contribution in [-0.4, -0.2) is 54.8 Å². The molecule has 0 saturated carbocycles. The number of aryl methyl sites for hydroxylation is 2. The van der Waals surface area contributed by atoms with Gasteiger partial charge >= 0.3 is 0 Å². The normalized spacial score (nSPS) is 17.3. The predicted octanol–water partition coefficient (Wildman–Crippen LogP) is 1.35. The molecule has 1 unspecified atom stereocenters. The van der Waals surface area contributed by atoms with Crippen molar-refractivity contribution in [1.29, 1.82) is 0 Å². The molecule has 1 amide bonds. The molecule has 8 nitrogen and oxygen atoms in total. The number of rotatable bonds is 4. The van der Waals surface area contributed by atoms with Crippen LogP contribution in [-0.2, 0) is 13.5 Å². The van der Waals surface area contributed by atoms with Gasteiger partial charge in [-0.1, -0.05) is 25.1 Å². The van der Waals surface area contributed by atoms with Gasteiger partial charge in [0.1, 0.15) is 17.7 Å². The third kappa shape index (κ3) is 3.23. The van der Waals surface area contributed by atoms with Gasteiger partial charge in [0.25, 0.3) is 5.91 Å². The molecule has 3 aromatic rings. The van der Waals surface area contributed by atoms with Crippen molar-refractivity contribution >= 4 is 5.91 Å². The molecule has 140 valence electrons. The molecule has 0 radical (unpaired) electrons. The van der Waals surface area contributed by atoms with E-state index in [4.69, 9.17) is 0 Å². The fraction of sp³-hybridized carbons (Fsp3) is 0.368. The van der Waals surface area contributed by atoms with E-state index < -0.39 is 0 Å². The number of benzene rings is 1. The Bertz CT molecular complexity index is 931. The van der Waals surface area contributed by atoms with Crippen molar-refractivity contribution in [2.45, 2.75) is 19.4 Å². The highest BCUT2D eigenvalue weighted by molar-refractivity contribution is 5.91. The molecule has 1 aromatic carbocycles. The lowest BCUT2D eigenvalue weighted by atomic mass is 10.1. The van der Waals surface area contributed by atoms with Crippen LogP contribution in [0, 0.1) is 0 Å². The quantitative estimate of drug-likeness (QED) is 0.755. The van der Waals surface area contributed by atoms with Crippen LogP contribution in [0.2, 0.25) is 0 Å². The highest BCUT2D eigenvalue weighted by Gasteiger charge is 2.33. The molecule has 1 fully saturated rings. The number of carbonyl (C=O) groups is 1. The summed E-state index contributed by atoms with van der Waals surface area (Å²) in [6.07, 6.45) is 4.34. The molecule has 2 aromatic heterocycles. The second-order valence-corrected chi connectivity index (χ2v) is 6.57. The van der Waals surface area contributed by atoms with E-state index in [-0.39, 0.29) is 17.8 Å². The monoisotopic (exact) mass is 365 g/mol. The Morgan fingerprint density at radius 3 is 2.81 bits per heavy atom. The number of aromatic nitrogens is 5. The zero-order chi connectivity index (χ0) is 18.8. The Labute approximate surface area is 157 Å². The SMILES string of the molecule is CCc1nc(C(=O)N2CCNCC2c2nccn2C)nn1-c1ccccc1. The maximum atomic E-state index is 13.3.